The van der Waals surface area contributed by atoms with E-state index in [1.165, 1.54) is 94.2 Å². The van der Waals surface area contributed by atoms with Gasteiger partial charge in [-0.2, -0.15) is 6.08 Å². The first-order chi connectivity index (χ1) is 25.8. The Balaban J connectivity index is 0.000000195. The van der Waals surface area contributed by atoms with Gasteiger partial charge in [-0.3, -0.25) is 6.08 Å². The molecule has 0 nitrogen and oxygen atoms in total. The molecule has 0 fully saturated rings. The molecule has 6 aromatic rings. The van der Waals surface area contributed by atoms with Crippen LogP contribution in [0.5, 0.6) is 0 Å². The maximum atomic E-state index is 3.88. The molecule has 0 N–H and O–H groups in total. The van der Waals surface area contributed by atoms with Crippen molar-refractivity contribution in [3.8, 4) is 33.4 Å². The van der Waals surface area contributed by atoms with E-state index >= 15 is 0 Å². The molecular weight excluding hydrogens is 864 g/mol. The summed E-state index contributed by atoms with van der Waals surface area (Å²) >= 11 is 8.43. The van der Waals surface area contributed by atoms with Crippen LogP contribution in [0.4, 0.5) is 0 Å². The number of rotatable bonds is 4. The van der Waals surface area contributed by atoms with Crippen molar-refractivity contribution in [3.05, 3.63) is 200 Å². The minimum Gasteiger partial charge on any atom is -0.273 e. The quantitative estimate of drug-likeness (QED) is 0.154. The number of allylic oxidation sites excluding steroid dienone is 4. The van der Waals surface area contributed by atoms with E-state index in [2.05, 4.69) is 207 Å². The number of benzene rings is 6. The summed E-state index contributed by atoms with van der Waals surface area (Å²) in [4.78, 5) is 0. The summed E-state index contributed by atoms with van der Waals surface area (Å²) in [6, 6.07) is 49.7. The Kier molecular flexibility index (Phi) is 13.1. The number of halogens is 2. The molecule has 54 heavy (non-hydrogen) atoms. The summed E-state index contributed by atoms with van der Waals surface area (Å²) in [6.45, 7) is 13.9. The molecule has 268 valence electrons. The van der Waals surface area contributed by atoms with Gasteiger partial charge < -0.3 is 0 Å². The summed E-state index contributed by atoms with van der Waals surface area (Å²) in [5.74, 6) is 0. The van der Waals surface area contributed by atoms with E-state index in [0.29, 0.717) is 0 Å². The van der Waals surface area contributed by atoms with Gasteiger partial charge in [-0.25, -0.2) is 12.2 Å². The first-order valence-corrected chi connectivity index (χ1v) is 21.3. The van der Waals surface area contributed by atoms with Gasteiger partial charge in [0, 0.05) is 0 Å². The van der Waals surface area contributed by atoms with Crippen molar-refractivity contribution in [1.82, 2.24) is 0 Å². The molecule has 0 aliphatic heterocycles. The van der Waals surface area contributed by atoms with Gasteiger partial charge in [-0.15, -0.1) is 35.2 Å². The Bertz CT molecular complexity index is 2150. The van der Waals surface area contributed by atoms with Gasteiger partial charge in [0.1, 0.15) is 0 Å². The zero-order chi connectivity index (χ0) is 38.5. The minimum atomic E-state index is 0.0380. The van der Waals surface area contributed by atoms with Crippen molar-refractivity contribution in [1.29, 1.82) is 0 Å². The van der Waals surface area contributed by atoms with E-state index in [-0.39, 0.29) is 10.8 Å². The van der Waals surface area contributed by atoms with Crippen molar-refractivity contribution in [2.75, 3.05) is 0 Å². The van der Waals surface area contributed by atoms with Gasteiger partial charge in [0.15, 0.2) is 0 Å². The second-order valence-electron chi connectivity index (χ2n) is 15.8. The molecule has 0 aromatic heterocycles. The topological polar surface area (TPSA) is 0 Å². The second kappa shape index (κ2) is 17.5. The van der Waals surface area contributed by atoms with Crippen LogP contribution in [-0.2, 0) is 41.5 Å². The van der Waals surface area contributed by atoms with Crippen molar-refractivity contribution < 1.29 is 24.2 Å². The summed E-state index contributed by atoms with van der Waals surface area (Å²) in [5.41, 5.74) is 16.1. The third kappa shape index (κ3) is 9.84. The molecular formula is C51H46Br2Zr. The first-order valence-electron chi connectivity index (χ1n) is 18.5. The normalized spacial score (nSPS) is 12.6. The van der Waals surface area contributed by atoms with Gasteiger partial charge in [0.2, 0.25) is 0 Å². The van der Waals surface area contributed by atoms with Crippen molar-refractivity contribution >= 4 is 35.1 Å². The largest absolute Gasteiger partial charge is 0.273 e. The van der Waals surface area contributed by atoms with Gasteiger partial charge in [0.05, 0.1) is 0 Å². The van der Waals surface area contributed by atoms with E-state index in [1.54, 1.807) is 0 Å². The smallest absolute Gasteiger partial charge is 0.0126 e. The molecule has 3 heteroatoms. The third-order valence-corrected chi connectivity index (χ3v) is 12.0. The fraction of sp³-hybridized carbons (Fsp3) is 0.196. The average molecular weight is 910 g/mol. The van der Waals surface area contributed by atoms with Crippen LogP contribution in [0.15, 0.2) is 155 Å². The molecule has 8 rings (SSSR count). The third-order valence-electron chi connectivity index (χ3n) is 9.64. The van der Waals surface area contributed by atoms with Gasteiger partial charge in [-0.1, -0.05) is 131 Å². The molecule has 0 unspecified atom stereocenters. The van der Waals surface area contributed by atoms with E-state index in [9.17, 15) is 0 Å². The molecule has 0 spiro atoms. The average Bonchev–Trinajstić information content (AvgIpc) is 3.86. The van der Waals surface area contributed by atoms with Crippen LogP contribution >= 0.6 is 31.9 Å². The molecule has 6 aromatic carbocycles. The SMILES string of the molecule is Brc1cccc([C](=[Zr+2])c2cccc(Br)c2)c1.CC(C)(C)c1cc2c([c-]c1-c1ccccc1)Cc1cc(-c3ccccc3)c(C(C)(C)C)cc1-2.[C-]1=CC=CC1. The van der Waals surface area contributed by atoms with Crippen LogP contribution in [0.2, 0.25) is 0 Å². The van der Waals surface area contributed by atoms with E-state index in [0.717, 1.165) is 21.8 Å². The number of hydrogen-bond acceptors (Lipinski definition) is 0. The van der Waals surface area contributed by atoms with E-state index in [4.69, 9.17) is 0 Å². The fourth-order valence-corrected chi connectivity index (χ4v) is 8.46. The number of fused-ring (bicyclic) bond motifs is 3. The molecule has 0 saturated heterocycles. The van der Waals surface area contributed by atoms with Crippen LogP contribution in [0.25, 0.3) is 33.4 Å². The molecule has 2 aliphatic rings. The van der Waals surface area contributed by atoms with Crippen LogP contribution in [0, 0.1) is 12.1 Å². The van der Waals surface area contributed by atoms with Gasteiger partial charge in [0.25, 0.3) is 0 Å². The molecule has 0 atom stereocenters. The van der Waals surface area contributed by atoms with Crippen LogP contribution < -0.4 is 0 Å². The van der Waals surface area contributed by atoms with Crippen LogP contribution in [-0.4, -0.2) is 3.21 Å². The number of hydrogen-bond donors (Lipinski definition) is 0. The molecule has 0 heterocycles. The van der Waals surface area contributed by atoms with E-state index in [1.807, 2.05) is 24.3 Å². The first kappa shape index (κ1) is 40.2. The maximum absolute atomic E-state index is 3.88. The van der Waals surface area contributed by atoms with Gasteiger partial charge >= 0.3 is 128 Å². The Morgan fingerprint density at radius 2 is 1.15 bits per heavy atom. The van der Waals surface area contributed by atoms with Crippen molar-refractivity contribution in [3.63, 3.8) is 0 Å². The van der Waals surface area contributed by atoms with E-state index < -0.39 is 0 Å². The predicted octanol–water partition coefficient (Wildman–Crippen LogP) is 14.6. The molecule has 0 saturated carbocycles. The van der Waals surface area contributed by atoms with Crippen molar-refractivity contribution in [2.24, 2.45) is 0 Å². The summed E-state index contributed by atoms with van der Waals surface area (Å²) < 4.78 is 3.62. The summed E-state index contributed by atoms with van der Waals surface area (Å²) in [7, 11) is 0. The Morgan fingerprint density at radius 3 is 1.63 bits per heavy atom. The Hall–Kier alpha value is -3.49. The molecule has 2 aliphatic carbocycles. The minimum absolute atomic E-state index is 0.0380. The van der Waals surface area contributed by atoms with Crippen LogP contribution in [0.1, 0.15) is 81.3 Å². The molecule has 0 radical (unpaired) electrons. The van der Waals surface area contributed by atoms with Crippen molar-refractivity contribution in [2.45, 2.75) is 65.2 Å². The van der Waals surface area contributed by atoms with Gasteiger partial charge in [-0.05, 0) is 39.5 Å². The molecule has 0 amide bonds. The fourth-order valence-electron chi connectivity index (χ4n) is 6.90. The summed E-state index contributed by atoms with van der Waals surface area (Å²) in [5, 5.41) is 0. The Morgan fingerprint density at radius 1 is 0.593 bits per heavy atom. The van der Waals surface area contributed by atoms with Crippen LogP contribution in [0.3, 0.4) is 0 Å². The molecule has 0 bridgehead atoms. The Labute approximate surface area is 355 Å². The predicted molar refractivity (Wildman–Crippen MR) is 235 cm³/mol. The summed E-state index contributed by atoms with van der Waals surface area (Å²) in [6.07, 6.45) is 10.9. The second-order valence-corrected chi connectivity index (χ2v) is 18.9. The zero-order valence-electron chi connectivity index (χ0n) is 32.0. The maximum Gasteiger partial charge on any atom is -0.0126 e. The standard InChI is InChI=1S/C33H33.C13H8Br2.C5H5.Zr/c1-32(2,3)30-20-26-24(18-28(30)22-13-9-7-10-14-22)17-25-19-29(23-15-11-8-12-16-23)31(21-27(25)26)33(4,5)6;14-12-5-1-3-10(8-12)7-11-4-2-6-13(15)9-11;1-2-4-5-3-1;/h7-16,18,20-21H,17H2,1-6H3;1-6,8-9H;1-3H,4H2;/q-1;;-1;+2. The monoisotopic (exact) mass is 906 g/mol. The zero-order valence-corrected chi connectivity index (χ0v) is 37.7.